The Bertz CT molecular complexity index is 1570. The van der Waals surface area contributed by atoms with E-state index in [1.807, 2.05) is 36.4 Å². The van der Waals surface area contributed by atoms with Gasteiger partial charge in [0.1, 0.15) is 6.10 Å². The summed E-state index contributed by atoms with van der Waals surface area (Å²) in [7, 11) is 0. The maximum Gasteiger partial charge on any atom is 0.254 e. The Morgan fingerprint density at radius 1 is 0.953 bits per heavy atom. The standard InChI is InChI=1S/C35H39N5O2S/c1-23(2)18-30-31-22-39(21-26-12-6-5-7-13-26)16-17-40(30)34(41)27-14-9-15-28(19-27)43-38-35-36-29(20-32(37-35)42-31)33-24(3)10-8-11-25(33)4/h5-15,19-20,23,30-31H,16-18,21-22H2,1-4H3,(H,36,37,38). The van der Waals surface area contributed by atoms with Crippen LogP contribution in [-0.4, -0.2) is 57.5 Å². The lowest BCUT2D eigenvalue weighted by Crippen LogP contribution is -2.50. The lowest BCUT2D eigenvalue weighted by molar-refractivity contribution is 0.0418. The fraction of sp³-hybridized carbons (Fsp3) is 0.343. The fourth-order valence-electron chi connectivity index (χ4n) is 6.19. The quantitative estimate of drug-likeness (QED) is 0.250. The Kier molecular flexibility index (Phi) is 8.68. The van der Waals surface area contributed by atoms with Crippen molar-refractivity contribution in [3.63, 3.8) is 0 Å². The van der Waals surface area contributed by atoms with Crippen LogP contribution in [0.2, 0.25) is 0 Å². The average Bonchev–Trinajstić information content (AvgIpc) is 3.14. The minimum Gasteiger partial charge on any atom is -0.471 e. The van der Waals surface area contributed by atoms with Crippen LogP contribution in [0.25, 0.3) is 11.3 Å². The maximum absolute atomic E-state index is 14.2. The van der Waals surface area contributed by atoms with Gasteiger partial charge in [-0.1, -0.05) is 68.4 Å². The molecule has 0 spiro atoms. The summed E-state index contributed by atoms with van der Waals surface area (Å²) in [6.07, 6.45) is 0.534. The normalized spacial score (nSPS) is 19.0. The molecule has 7 nitrogen and oxygen atoms in total. The van der Waals surface area contributed by atoms with Crippen molar-refractivity contribution in [1.82, 2.24) is 19.8 Å². The van der Waals surface area contributed by atoms with Crippen LogP contribution in [0.3, 0.4) is 0 Å². The van der Waals surface area contributed by atoms with Gasteiger partial charge in [-0.2, -0.15) is 4.98 Å². The van der Waals surface area contributed by atoms with Gasteiger partial charge in [0.2, 0.25) is 11.8 Å². The summed E-state index contributed by atoms with van der Waals surface area (Å²) in [5.74, 6) is 1.39. The summed E-state index contributed by atoms with van der Waals surface area (Å²) < 4.78 is 10.2. The van der Waals surface area contributed by atoms with Crippen LogP contribution < -0.4 is 9.46 Å². The Labute approximate surface area is 258 Å². The summed E-state index contributed by atoms with van der Waals surface area (Å²) >= 11 is 1.40. The molecule has 0 radical (unpaired) electrons. The summed E-state index contributed by atoms with van der Waals surface area (Å²) in [4.78, 5) is 29.4. The SMILES string of the molecule is Cc1cccc(C)c1-c1cc2nc(n1)NSc1cccc(c1)C(=O)N1CCN(Cc3ccccc3)CC(O2)C1CC(C)C. The summed E-state index contributed by atoms with van der Waals surface area (Å²) in [5.41, 5.74) is 6.11. The van der Waals surface area contributed by atoms with Crippen molar-refractivity contribution in [2.45, 2.75) is 57.7 Å². The van der Waals surface area contributed by atoms with Gasteiger partial charge in [0, 0.05) is 48.3 Å². The molecule has 1 N–H and O–H groups in total. The number of amides is 1. The predicted octanol–water partition coefficient (Wildman–Crippen LogP) is 7.01. The number of fused-ring (bicyclic) bond motifs is 6. The van der Waals surface area contributed by atoms with E-state index in [1.54, 1.807) is 0 Å². The number of carbonyl (C=O) groups excluding carboxylic acids is 1. The molecule has 3 aromatic carbocycles. The second kappa shape index (κ2) is 12.8. The molecule has 4 aromatic rings. The number of aromatic nitrogens is 2. The molecule has 1 saturated heterocycles. The van der Waals surface area contributed by atoms with Gasteiger partial charge in [-0.15, -0.1) is 0 Å². The van der Waals surface area contributed by atoms with Gasteiger partial charge in [-0.3, -0.25) is 14.4 Å². The molecule has 2 unspecified atom stereocenters. The lowest BCUT2D eigenvalue weighted by atomic mass is 9.96. The molecule has 43 heavy (non-hydrogen) atoms. The van der Waals surface area contributed by atoms with Gasteiger partial charge in [0.05, 0.1) is 11.7 Å². The average molecular weight is 594 g/mol. The van der Waals surface area contributed by atoms with Crippen LogP contribution in [0.1, 0.15) is 47.3 Å². The number of anilines is 1. The van der Waals surface area contributed by atoms with Crippen molar-refractivity contribution in [3.05, 3.63) is 101 Å². The van der Waals surface area contributed by atoms with Crippen LogP contribution >= 0.6 is 11.9 Å². The third-order valence-electron chi connectivity index (χ3n) is 8.20. The Morgan fingerprint density at radius 2 is 1.72 bits per heavy atom. The Hall–Kier alpha value is -3.88. The number of hydrogen-bond donors (Lipinski definition) is 1. The zero-order chi connectivity index (χ0) is 29.9. The highest BCUT2D eigenvalue weighted by Crippen LogP contribution is 2.33. The molecule has 0 aliphatic carbocycles. The van der Waals surface area contributed by atoms with Gasteiger partial charge >= 0.3 is 0 Å². The van der Waals surface area contributed by atoms with E-state index < -0.39 is 0 Å². The second-order valence-corrected chi connectivity index (χ2v) is 12.9. The first-order chi connectivity index (χ1) is 20.8. The van der Waals surface area contributed by atoms with Crippen molar-refractivity contribution >= 4 is 23.8 Å². The third kappa shape index (κ3) is 6.71. The minimum atomic E-state index is -0.289. The second-order valence-electron chi connectivity index (χ2n) is 12.0. The third-order valence-corrected chi connectivity index (χ3v) is 8.97. The van der Waals surface area contributed by atoms with Crippen LogP contribution in [0.4, 0.5) is 5.95 Å². The number of nitrogens with one attached hydrogen (secondary N) is 1. The topological polar surface area (TPSA) is 70.6 Å². The van der Waals surface area contributed by atoms with Crippen LogP contribution in [0.5, 0.6) is 5.88 Å². The molecule has 6 rings (SSSR count). The molecule has 8 heteroatoms. The van der Waals surface area contributed by atoms with Crippen molar-refractivity contribution in [2.24, 2.45) is 5.92 Å². The summed E-state index contributed by atoms with van der Waals surface area (Å²) in [5, 5.41) is 0. The summed E-state index contributed by atoms with van der Waals surface area (Å²) in [6.45, 7) is 11.5. The van der Waals surface area contributed by atoms with Gasteiger partial charge in [-0.05, 0) is 73.0 Å². The lowest BCUT2D eigenvalue weighted by Gasteiger charge is -2.36. The smallest absolute Gasteiger partial charge is 0.254 e. The van der Waals surface area contributed by atoms with Crippen molar-refractivity contribution in [3.8, 4) is 17.1 Å². The van der Waals surface area contributed by atoms with Gasteiger partial charge in [0.25, 0.3) is 5.91 Å². The largest absolute Gasteiger partial charge is 0.471 e. The van der Waals surface area contributed by atoms with Crippen molar-refractivity contribution < 1.29 is 9.53 Å². The zero-order valence-electron chi connectivity index (χ0n) is 25.3. The fourth-order valence-corrected chi connectivity index (χ4v) is 6.83. The minimum absolute atomic E-state index is 0.0384. The summed E-state index contributed by atoms with van der Waals surface area (Å²) in [6, 6.07) is 26.4. The monoisotopic (exact) mass is 593 g/mol. The molecule has 222 valence electrons. The van der Waals surface area contributed by atoms with E-state index >= 15 is 0 Å². The van der Waals surface area contributed by atoms with Crippen LogP contribution in [-0.2, 0) is 6.54 Å². The molecule has 1 fully saturated rings. The number of carbonyl (C=O) groups is 1. The van der Waals surface area contributed by atoms with Gasteiger partial charge in [0.15, 0.2) is 0 Å². The number of benzene rings is 3. The number of aryl methyl sites for hydroxylation is 2. The van der Waals surface area contributed by atoms with E-state index in [9.17, 15) is 4.79 Å². The molecule has 1 amide bonds. The molecule has 2 aliphatic rings. The highest BCUT2D eigenvalue weighted by molar-refractivity contribution is 8.00. The van der Waals surface area contributed by atoms with Crippen molar-refractivity contribution in [2.75, 3.05) is 24.4 Å². The first-order valence-electron chi connectivity index (χ1n) is 15.1. The number of hydrogen-bond acceptors (Lipinski definition) is 7. The van der Waals surface area contributed by atoms with Crippen LogP contribution in [0.15, 0.2) is 83.8 Å². The number of nitrogens with zero attached hydrogens (tertiary/aromatic N) is 4. The highest BCUT2D eigenvalue weighted by atomic mass is 32.2. The van der Waals surface area contributed by atoms with Crippen LogP contribution in [0, 0.1) is 19.8 Å². The van der Waals surface area contributed by atoms with Gasteiger partial charge < -0.3 is 9.64 Å². The first-order valence-corrected chi connectivity index (χ1v) is 15.9. The molecule has 2 atom stereocenters. The van der Waals surface area contributed by atoms with E-state index in [0.29, 0.717) is 36.4 Å². The zero-order valence-corrected chi connectivity index (χ0v) is 26.1. The molecule has 2 aliphatic heterocycles. The van der Waals surface area contributed by atoms with E-state index in [4.69, 9.17) is 14.7 Å². The Morgan fingerprint density at radius 3 is 2.49 bits per heavy atom. The Balaban J connectivity index is 1.48. The molecular formula is C35H39N5O2S. The van der Waals surface area contributed by atoms with E-state index in [1.165, 1.54) is 17.5 Å². The first kappa shape index (κ1) is 29.2. The van der Waals surface area contributed by atoms with Crippen molar-refractivity contribution in [1.29, 1.82) is 0 Å². The predicted molar refractivity (Wildman–Crippen MR) is 173 cm³/mol. The maximum atomic E-state index is 14.2. The van der Waals surface area contributed by atoms with Gasteiger partial charge in [-0.25, -0.2) is 4.98 Å². The number of rotatable bonds is 5. The molecule has 0 saturated carbocycles. The molecular weight excluding hydrogens is 554 g/mol. The highest BCUT2D eigenvalue weighted by Gasteiger charge is 2.38. The molecule has 1 aromatic heterocycles. The van der Waals surface area contributed by atoms with E-state index in [2.05, 4.69) is 84.7 Å². The van der Waals surface area contributed by atoms with E-state index in [0.717, 1.165) is 46.8 Å². The molecule has 6 bridgehead atoms. The number of ether oxygens (including phenoxy) is 1. The van der Waals surface area contributed by atoms with E-state index in [-0.39, 0.29) is 18.1 Å². The molecule has 3 heterocycles.